The number of carbonyl (C=O) groups excluding carboxylic acids is 10. The summed E-state index contributed by atoms with van der Waals surface area (Å²) < 4.78 is 0. The van der Waals surface area contributed by atoms with Crippen LogP contribution in [0.5, 0.6) is 0 Å². The Labute approximate surface area is 451 Å². The molecule has 78 heavy (non-hydrogen) atoms. The number of amides is 7. The lowest BCUT2D eigenvalue weighted by Crippen LogP contribution is -2.58. The number of fused-ring (bicyclic) bond motifs is 1. The predicted molar refractivity (Wildman–Crippen MR) is 289 cm³/mol. The first-order valence-electron chi connectivity index (χ1n) is 25.9. The fourth-order valence-electron chi connectivity index (χ4n) is 9.07. The molecule has 1 aliphatic rings. The van der Waals surface area contributed by atoms with Crippen molar-refractivity contribution in [3.05, 3.63) is 71.4 Å². The quantitative estimate of drug-likeness (QED) is 0.0397. The van der Waals surface area contributed by atoms with Crippen LogP contribution in [0.15, 0.2) is 64.7 Å². The van der Waals surface area contributed by atoms with Gasteiger partial charge in [-0.1, -0.05) is 36.8 Å². The van der Waals surface area contributed by atoms with Gasteiger partial charge >= 0.3 is 0 Å². The van der Waals surface area contributed by atoms with Crippen molar-refractivity contribution in [3.8, 4) is 6.07 Å². The van der Waals surface area contributed by atoms with Gasteiger partial charge < -0.3 is 66.0 Å². The summed E-state index contributed by atoms with van der Waals surface area (Å²) in [5.74, 6) is -9.76. The number of guanidine groups is 2. The van der Waals surface area contributed by atoms with E-state index in [0.29, 0.717) is 16.7 Å². The summed E-state index contributed by atoms with van der Waals surface area (Å²) >= 11 is 0. The Morgan fingerprint density at radius 3 is 2.05 bits per heavy atom. The molecule has 0 spiro atoms. The van der Waals surface area contributed by atoms with Crippen LogP contribution in [0.4, 0.5) is 0 Å². The summed E-state index contributed by atoms with van der Waals surface area (Å²) in [6.07, 6.45) is 0.196. The van der Waals surface area contributed by atoms with Gasteiger partial charge in [0.2, 0.25) is 41.4 Å². The normalized spacial score (nSPS) is 20.9. The van der Waals surface area contributed by atoms with E-state index < -0.39 is 114 Å². The van der Waals surface area contributed by atoms with Crippen LogP contribution in [-0.2, 0) is 60.8 Å². The maximum absolute atomic E-state index is 14.8. The number of rotatable bonds is 19. The van der Waals surface area contributed by atoms with Gasteiger partial charge in [-0.25, -0.2) is 0 Å². The number of H-pyrrole nitrogens is 1. The largest absolute Gasteiger partial charge is 0.370 e. The number of nitrogens with one attached hydrogen (secondary N) is 6. The van der Waals surface area contributed by atoms with Crippen molar-refractivity contribution in [2.24, 2.45) is 56.2 Å². The molecule has 420 valence electrons. The number of benzene rings is 2. The lowest BCUT2D eigenvalue weighted by molar-refractivity contribution is -0.136. The third-order valence-corrected chi connectivity index (χ3v) is 13.3. The van der Waals surface area contributed by atoms with Gasteiger partial charge in [0.25, 0.3) is 0 Å². The smallest absolute Gasteiger partial charge is 0.243 e. The van der Waals surface area contributed by atoms with Gasteiger partial charge in [-0.2, -0.15) is 5.26 Å². The van der Waals surface area contributed by atoms with E-state index in [1.165, 1.54) is 19.1 Å². The van der Waals surface area contributed by atoms with Crippen molar-refractivity contribution < 1.29 is 47.9 Å². The Kier molecular flexibility index (Phi) is 24.9. The summed E-state index contributed by atoms with van der Waals surface area (Å²) in [6, 6.07) is 8.60. The van der Waals surface area contributed by atoms with Crippen LogP contribution in [-0.4, -0.2) is 119 Å². The van der Waals surface area contributed by atoms with E-state index in [1.807, 2.05) is 30.3 Å². The third-order valence-electron chi connectivity index (χ3n) is 13.3. The summed E-state index contributed by atoms with van der Waals surface area (Å²) in [7, 11) is 0. The zero-order valence-corrected chi connectivity index (χ0v) is 43.9. The molecule has 2 heterocycles. The average Bonchev–Trinajstić information content (AvgIpc) is 3.81. The van der Waals surface area contributed by atoms with Crippen molar-refractivity contribution in [1.82, 2.24) is 31.6 Å². The lowest BCUT2D eigenvalue weighted by Gasteiger charge is -2.27. The first-order chi connectivity index (χ1) is 37.1. The van der Waals surface area contributed by atoms with Crippen molar-refractivity contribution in [1.29, 1.82) is 5.26 Å². The van der Waals surface area contributed by atoms with E-state index in [2.05, 4.69) is 41.6 Å². The molecule has 1 fully saturated rings. The highest BCUT2D eigenvalue weighted by atomic mass is 16.2. The molecule has 1 aliphatic heterocycles. The Morgan fingerprint density at radius 2 is 1.40 bits per heavy atom. The van der Waals surface area contributed by atoms with Crippen LogP contribution in [0.25, 0.3) is 10.9 Å². The molecule has 4 rings (SSSR count). The minimum absolute atomic E-state index is 0.0210. The number of Topliss-reactive ketones (excluding diaryl/α,β-unsaturated/α-hetero) is 3. The maximum Gasteiger partial charge on any atom is 0.243 e. The molecule has 0 aliphatic carbocycles. The second kappa shape index (κ2) is 31.4. The molecule has 25 nitrogen and oxygen atoms in total. The van der Waals surface area contributed by atoms with Gasteiger partial charge in [-0.3, -0.25) is 57.9 Å². The van der Waals surface area contributed by atoms with E-state index in [4.69, 9.17) is 34.4 Å². The maximum atomic E-state index is 14.8. The molecule has 18 N–H and O–H groups in total. The molecule has 0 radical (unpaired) electrons. The van der Waals surface area contributed by atoms with Gasteiger partial charge in [0, 0.05) is 81.1 Å². The van der Waals surface area contributed by atoms with Gasteiger partial charge in [0.1, 0.15) is 35.7 Å². The summed E-state index contributed by atoms with van der Waals surface area (Å²) in [6.45, 7) is 1.36. The molecule has 0 saturated carbocycles. The summed E-state index contributed by atoms with van der Waals surface area (Å²) in [5.41, 5.74) is 35.7. The fraction of sp³-hybridized carbons (Fsp3) is 0.491. The Hall–Kier alpha value is -8.69. The molecule has 3 aromatic rings. The molecule has 1 saturated heterocycles. The molecule has 25 heteroatoms. The van der Waals surface area contributed by atoms with Crippen LogP contribution in [0.1, 0.15) is 114 Å². The first kappa shape index (κ1) is 61.9. The zero-order valence-electron chi connectivity index (χ0n) is 43.9. The van der Waals surface area contributed by atoms with Crippen LogP contribution < -0.4 is 61.0 Å². The van der Waals surface area contributed by atoms with Crippen molar-refractivity contribution in [3.63, 3.8) is 0 Å². The van der Waals surface area contributed by atoms with E-state index in [-0.39, 0.29) is 114 Å². The van der Waals surface area contributed by atoms with Crippen molar-refractivity contribution in [2.75, 3.05) is 13.1 Å². The van der Waals surface area contributed by atoms with Gasteiger partial charge in [-0.15, -0.1) is 0 Å². The highest BCUT2D eigenvalue weighted by molar-refractivity contribution is 5.98. The second-order valence-electron chi connectivity index (χ2n) is 19.4. The zero-order chi connectivity index (χ0) is 57.3. The SMILES string of the molecule is CC(=O)N[C@@H](CCCN=C(N)N)C(=O)N[C@H]1CCC(=O)CCCC[C@@H](C(N)=O)NC(=O)[C@H](Cc2c[nH]c3ccccc23)CC(=O)[C@H](CCCN=C(N)N)CC(=O)[C@@H](Cc2ccc(C#N)cc2)NC(=O)[C@H](CCC(N)=O)NC1=O. The summed E-state index contributed by atoms with van der Waals surface area (Å²) in [4.78, 5) is 149. The van der Waals surface area contributed by atoms with E-state index in [9.17, 15) is 53.2 Å². The van der Waals surface area contributed by atoms with Gasteiger partial charge in [0.15, 0.2) is 17.7 Å². The Morgan fingerprint density at radius 1 is 0.731 bits per heavy atom. The van der Waals surface area contributed by atoms with Gasteiger partial charge in [0.05, 0.1) is 17.7 Å². The molecule has 1 aromatic heterocycles. The molecular formula is C53H73N15O10. The fourth-order valence-corrected chi connectivity index (χ4v) is 9.07. The first-order valence-corrected chi connectivity index (χ1v) is 25.9. The van der Waals surface area contributed by atoms with Crippen LogP contribution in [0.3, 0.4) is 0 Å². The number of ketones is 3. The Bertz CT molecular complexity index is 2730. The highest BCUT2D eigenvalue weighted by Gasteiger charge is 2.35. The number of primary amides is 2. The standard InChI is InChI=1S/C53H73N15O10/c1-30(69)64-40(13-7-23-62-53(59)60)49(76)66-41-19-18-36(70)9-2-4-12-39(47(56)74)65-48(75)34(25-35-29-63-38-11-5-3-10-37(35)38)27-44(71)33(8-6-22-61-52(57)58)26-45(72)43(24-31-14-16-32(28-54)17-15-31)68-51(78)42(67-50(41)77)20-21-46(55)73/h3,5,10-11,14-17,29,33-34,39-43,63H,2,4,6-9,12-13,18-27H2,1H3,(H2,55,73)(H2,56,74)(H,64,69)(H,65,75)(H,66,76)(H,67,77)(H,68,78)(H4,57,58,61)(H4,59,60,62)/t33-,34-,39+,40+,41+,42+,43-/m1/s1. The lowest BCUT2D eigenvalue weighted by atomic mass is 9.83. The monoisotopic (exact) mass is 1080 g/mol. The Balaban J connectivity index is 1.81. The number of carbonyl (C=O) groups is 10. The number of aromatic nitrogens is 1. The number of nitriles is 1. The molecule has 2 aromatic carbocycles. The number of hydrogen-bond acceptors (Lipinski definition) is 13. The van der Waals surface area contributed by atoms with Crippen molar-refractivity contribution >= 4 is 81.5 Å². The molecule has 0 bridgehead atoms. The predicted octanol–water partition coefficient (Wildman–Crippen LogP) is -0.799. The number of hydrogen-bond donors (Lipinski definition) is 12. The topological polar surface area (TPSA) is 451 Å². The van der Waals surface area contributed by atoms with E-state index in [0.717, 1.165) is 10.9 Å². The average molecular weight is 1080 g/mol. The van der Waals surface area contributed by atoms with E-state index in [1.54, 1.807) is 18.3 Å². The summed E-state index contributed by atoms with van der Waals surface area (Å²) in [5, 5.41) is 23.4. The van der Waals surface area contributed by atoms with Gasteiger partial charge in [-0.05, 0) is 93.5 Å². The number of para-hydroxylation sites is 1. The number of aromatic amines is 1. The molecule has 7 atom stereocenters. The van der Waals surface area contributed by atoms with Crippen molar-refractivity contribution in [2.45, 2.75) is 140 Å². The third kappa shape index (κ3) is 21.1. The molecule has 0 unspecified atom stereocenters. The minimum atomic E-state index is -1.58. The second-order valence-corrected chi connectivity index (χ2v) is 19.4. The highest BCUT2D eigenvalue weighted by Crippen LogP contribution is 2.26. The minimum Gasteiger partial charge on any atom is -0.370 e. The van der Waals surface area contributed by atoms with Crippen LogP contribution in [0, 0.1) is 23.2 Å². The number of nitrogens with zero attached hydrogens (tertiary/aromatic N) is 3. The number of aliphatic imine (C=N–C) groups is 2. The molecular weight excluding hydrogens is 1010 g/mol. The number of nitrogens with two attached hydrogens (primary N) is 6. The molecule has 7 amide bonds. The van der Waals surface area contributed by atoms with E-state index >= 15 is 0 Å². The van der Waals surface area contributed by atoms with Crippen LogP contribution in [0.2, 0.25) is 0 Å². The van der Waals surface area contributed by atoms with Crippen LogP contribution >= 0.6 is 0 Å².